The molecule has 1 rings (SSSR count). The van der Waals surface area contributed by atoms with Crippen LogP contribution in [0.25, 0.3) is 0 Å². The summed E-state index contributed by atoms with van der Waals surface area (Å²) in [5, 5.41) is 2.97. The van der Waals surface area contributed by atoms with E-state index in [1.807, 2.05) is 19.0 Å². The van der Waals surface area contributed by atoms with E-state index in [0.717, 1.165) is 6.54 Å². The van der Waals surface area contributed by atoms with Crippen molar-refractivity contribution < 1.29 is 9.18 Å². The molecule has 0 spiro atoms. The molecule has 1 N–H and O–H groups in total. The first kappa shape index (κ1) is 16.0. The molecule has 1 unspecified atom stereocenters. The lowest BCUT2D eigenvalue weighted by molar-refractivity contribution is 0.0916. The van der Waals surface area contributed by atoms with Crippen LogP contribution in [0.1, 0.15) is 24.2 Å². The van der Waals surface area contributed by atoms with Gasteiger partial charge in [-0.15, -0.1) is 12.6 Å². The van der Waals surface area contributed by atoms with Crippen molar-refractivity contribution in [2.75, 3.05) is 20.6 Å². The van der Waals surface area contributed by atoms with Gasteiger partial charge >= 0.3 is 0 Å². The molecular weight excluding hydrogens is 263 g/mol. The summed E-state index contributed by atoms with van der Waals surface area (Å²) in [6.07, 6.45) is 0. The summed E-state index contributed by atoms with van der Waals surface area (Å²) < 4.78 is 13.1. The van der Waals surface area contributed by atoms with Crippen molar-refractivity contribution >= 4 is 18.5 Å². The maximum Gasteiger partial charge on any atom is 0.251 e. The molecule has 1 atom stereocenters. The number of nitrogens with zero attached hydrogens (tertiary/aromatic N) is 1. The highest BCUT2D eigenvalue weighted by Gasteiger charge is 2.18. The first-order valence-electron chi connectivity index (χ1n) is 6.25. The SMILES string of the molecule is CC(C)C(CN(C)C)NC(=O)c1ccc(F)c(S)c1. The lowest BCUT2D eigenvalue weighted by Crippen LogP contribution is -2.45. The maximum absolute atomic E-state index is 13.1. The minimum absolute atomic E-state index is 0.0518. The van der Waals surface area contributed by atoms with E-state index in [1.54, 1.807) is 0 Å². The molecule has 0 radical (unpaired) electrons. The number of rotatable bonds is 5. The minimum atomic E-state index is -0.423. The molecule has 1 aromatic rings. The predicted octanol–water partition coefficient (Wildman–Crippen LogP) is 2.43. The number of likely N-dealkylation sites (N-methyl/N-ethyl adjacent to an activating group) is 1. The van der Waals surface area contributed by atoms with Gasteiger partial charge in [-0.3, -0.25) is 4.79 Å². The summed E-state index contributed by atoms with van der Waals surface area (Å²) in [6.45, 7) is 4.88. The molecule has 0 bridgehead atoms. The standard InChI is InChI=1S/C14H21FN2OS/c1-9(2)12(8-17(3)4)16-14(18)10-5-6-11(15)13(19)7-10/h5-7,9,12,19H,8H2,1-4H3,(H,16,18). The molecule has 0 heterocycles. The zero-order chi connectivity index (χ0) is 14.6. The lowest BCUT2D eigenvalue weighted by atomic mass is 10.0. The second-order valence-corrected chi connectivity index (χ2v) is 5.73. The van der Waals surface area contributed by atoms with Crippen molar-refractivity contribution in [3.8, 4) is 0 Å². The Balaban J connectivity index is 2.78. The quantitative estimate of drug-likeness (QED) is 0.814. The van der Waals surface area contributed by atoms with Crippen LogP contribution in [0.4, 0.5) is 4.39 Å². The second kappa shape index (κ2) is 6.91. The molecule has 0 aromatic heterocycles. The Bertz CT molecular complexity index is 449. The molecule has 1 amide bonds. The highest BCUT2D eigenvalue weighted by molar-refractivity contribution is 7.80. The first-order chi connectivity index (χ1) is 8.81. The number of benzene rings is 1. The number of hydrogen-bond acceptors (Lipinski definition) is 3. The van der Waals surface area contributed by atoms with E-state index in [9.17, 15) is 9.18 Å². The van der Waals surface area contributed by atoms with Gasteiger partial charge < -0.3 is 10.2 Å². The Kier molecular flexibility index (Phi) is 5.82. The van der Waals surface area contributed by atoms with Gasteiger partial charge in [0.05, 0.1) is 0 Å². The van der Waals surface area contributed by atoms with Gasteiger partial charge in [0.2, 0.25) is 0 Å². The van der Waals surface area contributed by atoms with E-state index in [4.69, 9.17) is 0 Å². The van der Waals surface area contributed by atoms with Crippen molar-refractivity contribution in [3.05, 3.63) is 29.6 Å². The van der Waals surface area contributed by atoms with Crippen molar-refractivity contribution in [3.63, 3.8) is 0 Å². The van der Waals surface area contributed by atoms with Crippen molar-refractivity contribution in [1.29, 1.82) is 0 Å². The Labute approximate surface area is 119 Å². The zero-order valence-corrected chi connectivity index (χ0v) is 12.7. The molecule has 1 aromatic carbocycles. The number of nitrogens with one attached hydrogen (secondary N) is 1. The monoisotopic (exact) mass is 284 g/mol. The van der Waals surface area contributed by atoms with Gasteiger partial charge in [-0.2, -0.15) is 0 Å². The molecule has 5 heteroatoms. The summed E-state index contributed by atoms with van der Waals surface area (Å²) in [5.74, 6) is -0.299. The normalized spacial score (nSPS) is 12.8. The van der Waals surface area contributed by atoms with Gasteiger partial charge in [-0.25, -0.2) is 4.39 Å². The third kappa shape index (κ3) is 4.84. The van der Waals surface area contributed by atoms with Crippen LogP contribution in [-0.2, 0) is 0 Å². The molecule has 3 nitrogen and oxygen atoms in total. The van der Waals surface area contributed by atoms with E-state index < -0.39 is 5.82 Å². The van der Waals surface area contributed by atoms with Gasteiger partial charge in [0, 0.05) is 23.0 Å². The molecule has 0 aliphatic carbocycles. The van der Waals surface area contributed by atoms with Gasteiger partial charge in [-0.05, 0) is 38.2 Å². The molecule has 19 heavy (non-hydrogen) atoms. The van der Waals surface area contributed by atoms with Crippen molar-refractivity contribution in [2.45, 2.75) is 24.8 Å². The fraction of sp³-hybridized carbons (Fsp3) is 0.500. The van der Waals surface area contributed by atoms with Crippen LogP contribution in [0.5, 0.6) is 0 Å². The smallest absolute Gasteiger partial charge is 0.251 e. The highest BCUT2D eigenvalue weighted by Crippen LogP contribution is 2.14. The Hall–Kier alpha value is -1.07. The minimum Gasteiger partial charge on any atom is -0.348 e. The third-order valence-corrected chi connectivity index (χ3v) is 3.23. The Morgan fingerprint density at radius 2 is 2.05 bits per heavy atom. The number of carbonyl (C=O) groups excluding carboxylic acids is 1. The van der Waals surface area contributed by atoms with Crippen LogP contribution in [0.15, 0.2) is 23.1 Å². The second-order valence-electron chi connectivity index (χ2n) is 5.25. The van der Waals surface area contributed by atoms with Gasteiger partial charge in [-0.1, -0.05) is 13.8 Å². The van der Waals surface area contributed by atoms with Gasteiger partial charge in [0.25, 0.3) is 5.91 Å². The number of amides is 1. The Morgan fingerprint density at radius 3 is 2.53 bits per heavy atom. The van der Waals surface area contributed by atoms with Crippen LogP contribution in [0.3, 0.4) is 0 Å². The van der Waals surface area contributed by atoms with E-state index in [-0.39, 0.29) is 16.8 Å². The lowest BCUT2D eigenvalue weighted by Gasteiger charge is -2.25. The van der Waals surface area contributed by atoms with E-state index in [0.29, 0.717) is 11.5 Å². The molecule has 0 saturated carbocycles. The van der Waals surface area contributed by atoms with E-state index >= 15 is 0 Å². The number of hydrogen-bond donors (Lipinski definition) is 2. The summed E-state index contributed by atoms with van der Waals surface area (Å²) >= 11 is 3.99. The largest absolute Gasteiger partial charge is 0.348 e. The van der Waals surface area contributed by atoms with Crippen LogP contribution in [-0.4, -0.2) is 37.5 Å². The average Bonchev–Trinajstić information content (AvgIpc) is 2.31. The molecule has 106 valence electrons. The Morgan fingerprint density at radius 1 is 1.42 bits per heavy atom. The summed E-state index contributed by atoms with van der Waals surface area (Å²) in [4.78, 5) is 14.3. The van der Waals surface area contributed by atoms with Crippen LogP contribution < -0.4 is 5.32 Å². The van der Waals surface area contributed by atoms with E-state index in [2.05, 4.69) is 31.8 Å². The van der Waals surface area contributed by atoms with Crippen molar-refractivity contribution in [1.82, 2.24) is 10.2 Å². The first-order valence-corrected chi connectivity index (χ1v) is 6.70. The fourth-order valence-corrected chi connectivity index (χ4v) is 1.94. The third-order valence-electron chi connectivity index (χ3n) is 2.89. The number of halogens is 1. The number of thiol groups is 1. The van der Waals surface area contributed by atoms with Crippen LogP contribution in [0.2, 0.25) is 0 Å². The molecule has 0 aliphatic heterocycles. The molecular formula is C14H21FN2OS. The summed E-state index contributed by atoms with van der Waals surface area (Å²) in [5.41, 5.74) is 0.427. The molecule has 0 fully saturated rings. The van der Waals surface area contributed by atoms with Crippen LogP contribution >= 0.6 is 12.6 Å². The predicted molar refractivity (Wildman–Crippen MR) is 78.3 cm³/mol. The summed E-state index contributed by atoms with van der Waals surface area (Å²) in [7, 11) is 3.93. The van der Waals surface area contributed by atoms with Crippen molar-refractivity contribution in [2.24, 2.45) is 5.92 Å². The fourth-order valence-electron chi connectivity index (χ4n) is 1.72. The zero-order valence-electron chi connectivity index (χ0n) is 11.8. The maximum atomic E-state index is 13.1. The van der Waals surface area contributed by atoms with E-state index in [1.165, 1.54) is 18.2 Å². The van der Waals surface area contributed by atoms with Gasteiger partial charge in [0.1, 0.15) is 5.82 Å². The molecule has 0 saturated heterocycles. The average molecular weight is 284 g/mol. The molecule has 0 aliphatic rings. The van der Waals surface area contributed by atoms with Crippen LogP contribution in [0, 0.1) is 11.7 Å². The highest BCUT2D eigenvalue weighted by atomic mass is 32.1. The number of carbonyl (C=O) groups is 1. The summed E-state index contributed by atoms with van der Waals surface area (Å²) in [6, 6.07) is 4.22. The topological polar surface area (TPSA) is 32.3 Å². The van der Waals surface area contributed by atoms with Gasteiger partial charge in [0.15, 0.2) is 0 Å².